The Morgan fingerprint density at radius 1 is 1.53 bits per heavy atom. The number of hydrogen-bond donors (Lipinski definition) is 2. The summed E-state index contributed by atoms with van der Waals surface area (Å²) in [5.41, 5.74) is 6.29. The Balaban J connectivity index is 2.31. The van der Waals surface area contributed by atoms with E-state index in [9.17, 15) is 4.79 Å². The van der Waals surface area contributed by atoms with Crippen molar-refractivity contribution in [3.8, 4) is 5.75 Å². The number of hydrogen-bond acceptors (Lipinski definition) is 3. The first-order chi connectivity index (χ1) is 8.18. The van der Waals surface area contributed by atoms with Gasteiger partial charge in [0.1, 0.15) is 5.75 Å². The Morgan fingerprint density at radius 2 is 2.18 bits per heavy atom. The molecule has 2 rings (SSSR count). The molecule has 2 unspecified atom stereocenters. The van der Waals surface area contributed by atoms with E-state index in [1.54, 1.807) is 14.2 Å². The van der Waals surface area contributed by atoms with Crippen molar-refractivity contribution < 1.29 is 9.53 Å². The van der Waals surface area contributed by atoms with Crippen LogP contribution in [0.3, 0.4) is 0 Å². The molecule has 0 radical (unpaired) electrons. The molecule has 1 saturated carbocycles. The van der Waals surface area contributed by atoms with Gasteiger partial charge >= 0.3 is 0 Å². The second-order valence-electron chi connectivity index (χ2n) is 4.42. The SMILES string of the molecule is CNC(=O)C1(c2ccc(OC)cc2)CC1CN. The highest BCUT2D eigenvalue weighted by molar-refractivity contribution is 5.92. The highest BCUT2D eigenvalue weighted by atomic mass is 16.5. The van der Waals surface area contributed by atoms with Gasteiger partial charge in [-0.3, -0.25) is 4.79 Å². The third kappa shape index (κ3) is 1.78. The van der Waals surface area contributed by atoms with Crippen LogP contribution in [0, 0.1) is 5.92 Å². The standard InChI is InChI=1S/C13H18N2O2/c1-15-12(16)13(7-10(13)8-14)9-3-5-11(17-2)6-4-9/h3-6,10H,7-8,14H2,1-2H3,(H,15,16). The van der Waals surface area contributed by atoms with Crippen LogP contribution in [-0.4, -0.2) is 26.6 Å². The summed E-state index contributed by atoms with van der Waals surface area (Å²) in [5.74, 6) is 1.10. The van der Waals surface area contributed by atoms with Gasteiger partial charge in [0.15, 0.2) is 0 Å². The monoisotopic (exact) mass is 234 g/mol. The number of carbonyl (C=O) groups excluding carboxylic acids is 1. The number of nitrogens with one attached hydrogen (secondary N) is 1. The van der Waals surface area contributed by atoms with Gasteiger partial charge < -0.3 is 15.8 Å². The van der Waals surface area contributed by atoms with Crippen LogP contribution in [0.25, 0.3) is 0 Å². The minimum absolute atomic E-state index is 0.0538. The second kappa shape index (κ2) is 4.37. The maximum atomic E-state index is 12.0. The summed E-state index contributed by atoms with van der Waals surface area (Å²) in [6, 6.07) is 7.66. The van der Waals surface area contributed by atoms with Gasteiger partial charge in [-0.25, -0.2) is 0 Å². The van der Waals surface area contributed by atoms with Gasteiger partial charge in [0.05, 0.1) is 12.5 Å². The number of benzene rings is 1. The van der Waals surface area contributed by atoms with Gasteiger partial charge in [0, 0.05) is 7.05 Å². The summed E-state index contributed by atoms with van der Waals surface area (Å²) in [7, 11) is 3.29. The maximum Gasteiger partial charge on any atom is 0.230 e. The predicted octanol–water partition coefficient (Wildman–Crippen LogP) is 0.658. The zero-order valence-corrected chi connectivity index (χ0v) is 10.2. The third-order valence-corrected chi connectivity index (χ3v) is 3.63. The van der Waals surface area contributed by atoms with Crippen molar-refractivity contribution >= 4 is 5.91 Å². The number of carbonyl (C=O) groups is 1. The van der Waals surface area contributed by atoms with Crippen LogP contribution in [0.15, 0.2) is 24.3 Å². The van der Waals surface area contributed by atoms with E-state index in [1.165, 1.54) is 0 Å². The maximum absolute atomic E-state index is 12.0. The summed E-state index contributed by atoms with van der Waals surface area (Å²) in [6.07, 6.45) is 0.829. The number of rotatable bonds is 4. The molecule has 1 aromatic rings. The fourth-order valence-electron chi connectivity index (χ4n) is 2.49. The largest absolute Gasteiger partial charge is 0.497 e. The van der Waals surface area contributed by atoms with Crippen molar-refractivity contribution in [2.45, 2.75) is 11.8 Å². The Hall–Kier alpha value is -1.55. The molecule has 4 nitrogen and oxygen atoms in total. The Bertz CT molecular complexity index is 416. The van der Waals surface area contributed by atoms with E-state index in [-0.39, 0.29) is 11.8 Å². The Kier molecular flexibility index (Phi) is 3.07. The van der Waals surface area contributed by atoms with Crippen LogP contribution in [-0.2, 0) is 10.2 Å². The molecule has 1 amide bonds. The van der Waals surface area contributed by atoms with Gasteiger partial charge in [0.25, 0.3) is 0 Å². The minimum atomic E-state index is -0.421. The second-order valence-corrected chi connectivity index (χ2v) is 4.42. The lowest BCUT2D eigenvalue weighted by Gasteiger charge is -2.16. The van der Waals surface area contributed by atoms with E-state index < -0.39 is 5.41 Å². The molecule has 4 heteroatoms. The molecule has 0 heterocycles. The molecular formula is C13H18N2O2. The number of amides is 1. The van der Waals surface area contributed by atoms with Crippen molar-refractivity contribution in [3.63, 3.8) is 0 Å². The first-order valence-electron chi connectivity index (χ1n) is 5.75. The van der Waals surface area contributed by atoms with Crippen molar-refractivity contribution in [2.24, 2.45) is 11.7 Å². The zero-order valence-electron chi connectivity index (χ0n) is 10.2. The third-order valence-electron chi connectivity index (χ3n) is 3.63. The first-order valence-corrected chi connectivity index (χ1v) is 5.75. The van der Waals surface area contributed by atoms with Crippen LogP contribution in [0.2, 0.25) is 0 Å². The number of methoxy groups -OCH3 is 1. The summed E-state index contributed by atoms with van der Waals surface area (Å²) >= 11 is 0. The molecule has 0 saturated heterocycles. The van der Waals surface area contributed by atoms with Gasteiger partial charge in [-0.15, -0.1) is 0 Å². The lowest BCUT2D eigenvalue weighted by molar-refractivity contribution is -0.123. The number of ether oxygens (including phenoxy) is 1. The average Bonchev–Trinajstić information content (AvgIpc) is 3.13. The molecule has 1 aliphatic rings. The molecule has 0 spiro atoms. The lowest BCUT2D eigenvalue weighted by Crippen LogP contribution is -2.34. The fraction of sp³-hybridized carbons (Fsp3) is 0.462. The van der Waals surface area contributed by atoms with Crippen LogP contribution < -0.4 is 15.8 Å². The highest BCUT2D eigenvalue weighted by Crippen LogP contribution is 2.54. The Morgan fingerprint density at radius 3 is 2.59 bits per heavy atom. The van der Waals surface area contributed by atoms with E-state index in [1.807, 2.05) is 24.3 Å². The fourth-order valence-corrected chi connectivity index (χ4v) is 2.49. The van der Waals surface area contributed by atoms with Crippen molar-refractivity contribution in [2.75, 3.05) is 20.7 Å². The van der Waals surface area contributed by atoms with Crippen LogP contribution in [0.5, 0.6) is 5.75 Å². The van der Waals surface area contributed by atoms with Gasteiger partial charge in [-0.2, -0.15) is 0 Å². The molecule has 1 aromatic carbocycles. The van der Waals surface area contributed by atoms with E-state index in [0.717, 1.165) is 17.7 Å². The minimum Gasteiger partial charge on any atom is -0.497 e. The molecule has 0 aromatic heterocycles. The molecule has 1 fully saturated rings. The molecule has 17 heavy (non-hydrogen) atoms. The van der Waals surface area contributed by atoms with Gasteiger partial charge in [0.2, 0.25) is 5.91 Å². The van der Waals surface area contributed by atoms with Crippen molar-refractivity contribution in [1.29, 1.82) is 0 Å². The van der Waals surface area contributed by atoms with Crippen LogP contribution in [0.1, 0.15) is 12.0 Å². The zero-order chi connectivity index (χ0) is 12.5. The highest BCUT2D eigenvalue weighted by Gasteiger charge is 2.59. The lowest BCUT2D eigenvalue weighted by atomic mass is 9.92. The number of nitrogens with two attached hydrogens (primary N) is 1. The summed E-state index contributed by atoms with van der Waals surface area (Å²) in [6.45, 7) is 0.541. The van der Waals surface area contributed by atoms with Crippen LogP contribution >= 0.6 is 0 Å². The molecule has 92 valence electrons. The predicted molar refractivity (Wildman–Crippen MR) is 65.9 cm³/mol. The summed E-state index contributed by atoms with van der Waals surface area (Å²) in [4.78, 5) is 12.0. The van der Waals surface area contributed by atoms with Crippen molar-refractivity contribution in [1.82, 2.24) is 5.32 Å². The molecule has 1 aliphatic carbocycles. The number of likely N-dealkylation sites (N-methyl/N-ethyl adjacent to an activating group) is 1. The van der Waals surface area contributed by atoms with Gasteiger partial charge in [-0.05, 0) is 36.6 Å². The summed E-state index contributed by atoms with van der Waals surface area (Å²) < 4.78 is 5.12. The Labute approximate surface area is 101 Å². The molecule has 3 N–H and O–H groups in total. The summed E-state index contributed by atoms with van der Waals surface area (Å²) in [5, 5.41) is 2.73. The van der Waals surface area contributed by atoms with Crippen LogP contribution in [0.4, 0.5) is 0 Å². The average molecular weight is 234 g/mol. The van der Waals surface area contributed by atoms with E-state index >= 15 is 0 Å². The van der Waals surface area contributed by atoms with Gasteiger partial charge in [-0.1, -0.05) is 12.1 Å². The van der Waals surface area contributed by atoms with E-state index in [2.05, 4.69) is 5.32 Å². The normalized spacial score (nSPS) is 26.4. The quantitative estimate of drug-likeness (QED) is 0.804. The van der Waals surface area contributed by atoms with E-state index in [0.29, 0.717) is 6.54 Å². The first kappa shape index (κ1) is 11.9. The van der Waals surface area contributed by atoms with E-state index in [4.69, 9.17) is 10.5 Å². The molecule has 0 bridgehead atoms. The molecular weight excluding hydrogens is 216 g/mol. The smallest absolute Gasteiger partial charge is 0.230 e. The topological polar surface area (TPSA) is 64.3 Å². The van der Waals surface area contributed by atoms with Crippen molar-refractivity contribution in [3.05, 3.63) is 29.8 Å². The molecule has 2 atom stereocenters. The molecule has 0 aliphatic heterocycles.